The average molecular weight is 447 g/mol. The maximum atomic E-state index is 11.9. The third kappa shape index (κ3) is 5.77. The lowest BCUT2D eigenvalue weighted by molar-refractivity contribution is 0.0962. The molecule has 0 spiro atoms. The molecule has 1 fully saturated rings. The molecule has 3 N–H and O–H groups in total. The van der Waals surface area contributed by atoms with Gasteiger partial charge in [0.2, 0.25) is 0 Å². The number of benzene rings is 1. The van der Waals surface area contributed by atoms with E-state index >= 15 is 0 Å². The molecule has 0 radical (unpaired) electrons. The molecular formula is C25H30N6O2. The van der Waals surface area contributed by atoms with Gasteiger partial charge >= 0.3 is 0 Å². The highest BCUT2D eigenvalue weighted by Gasteiger charge is 2.20. The lowest BCUT2D eigenvalue weighted by Crippen LogP contribution is -2.18. The number of pyridine rings is 1. The monoisotopic (exact) mass is 446 g/mol. The first kappa shape index (κ1) is 22.5. The van der Waals surface area contributed by atoms with E-state index in [1.54, 1.807) is 26.6 Å². The van der Waals surface area contributed by atoms with E-state index < -0.39 is 0 Å². The third-order valence-corrected chi connectivity index (χ3v) is 5.84. The van der Waals surface area contributed by atoms with Crippen molar-refractivity contribution in [3.8, 4) is 17.0 Å². The summed E-state index contributed by atoms with van der Waals surface area (Å²) in [7, 11) is 3.23. The van der Waals surface area contributed by atoms with E-state index in [2.05, 4.69) is 37.8 Å². The summed E-state index contributed by atoms with van der Waals surface area (Å²) in [5.41, 5.74) is 3.34. The summed E-state index contributed by atoms with van der Waals surface area (Å²) in [5, 5.41) is 9.40. The second-order valence-electron chi connectivity index (χ2n) is 8.36. The fourth-order valence-electron chi connectivity index (χ4n) is 3.60. The first-order valence-electron chi connectivity index (χ1n) is 11.2. The molecule has 1 aromatic carbocycles. The number of hydrogen-bond acceptors (Lipinski definition) is 7. The number of methoxy groups -OCH3 is 1. The Labute approximate surface area is 194 Å². The largest absolute Gasteiger partial charge is 0.496 e. The van der Waals surface area contributed by atoms with Gasteiger partial charge in [-0.15, -0.1) is 0 Å². The van der Waals surface area contributed by atoms with Gasteiger partial charge in [0, 0.05) is 49.4 Å². The van der Waals surface area contributed by atoms with Crippen LogP contribution in [0.25, 0.3) is 11.3 Å². The molecule has 172 valence electrons. The highest BCUT2D eigenvalue weighted by atomic mass is 16.5. The van der Waals surface area contributed by atoms with Crippen LogP contribution in [0.3, 0.4) is 0 Å². The van der Waals surface area contributed by atoms with Crippen LogP contribution in [-0.2, 0) is 0 Å². The van der Waals surface area contributed by atoms with Gasteiger partial charge in [-0.25, -0.2) is 15.0 Å². The molecule has 0 bridgehead atoms. The van der Waals surface area contributed by atoms with E-state index in [0.29, 0.717) is 17.9 Å². The van der Waals surface area contributed by atoms with E-state index in [1.807, 2.05) is 36.5 Å². The van der Waals surface area contributed by atoms with Gasteiger partial charge < -0.3 is 20.7 Å². The molecule has 0 aliphatic heterocycles. The maximum Gasteiger partial charge on any atom is 0.251 e. The molecule has 0 unspecified atom stereocenters. The van der Waals surface area contributed by atoms with Crippen LogP contribution in [0.2, 0.25) is 0 Å². The van der Waals surface area contributed by atoms with Gasteiger partial charge in [0.05, 0.1) is 12.8 Å². The number of anilines is 2. The van der Waals surface area contributed by atoms with Gasteiger partial charge in [-0.1, -0.05) is 13.0 Å². The molecule has 0 saturated heterocycles. The van der Waals surface area contributed by atoms with E-state index in [-0.39, 0.29) is 11.8 Å². The number of nitrogens with zero attached hydrogens (tertiary/aromatic N) is 3. The summed E-state index contributed by atoms with van der Waals surface area (Å²) < 4.78 is 5.53. The Morgan fingerprint density at radius 2 is 1.94 bits per heavy atom. The Morgan fingerprint density at radius 3 is 2.64 bits per heavy atom. The minimum atomic E-state index is -0.139. The van der Waals surface area contributed by atoms with Gasteiger partial charge in [-0.2, -0.15) is 0 Å². The number of amides is 1. The number of aromatic nitrogens is 3. The number of nitrogens with one attached hydrogen (secondary N) is 3. The lowest BCUT2D eigenvalue weighted by atomic mass is 9.98. The van der Waals surface area contributed by atoms with Crippen LogP contribution in [0, 0.1) is 5.92 Å². The zero-order valence-corrected chi connectivity index (χ0v) is 19.3. The van der Waals surface area contributed by atoms with E-state index in [1.165, 1.54) is 12.8 Å². The SMILES string of the molecule is CNC(=O)c1ccc([C@H](C)CNc2cc(-c3ccc(NCC4CC4)nc3)ncn2)c(OC)c1. The van der Waals surface area contributed by atoms with Crippen molar-refractivity contribution >= 4 is 17.5 Å². The number of ether oxygens (including phenoxy) is 1. The van der Waals surface area contributed by atoms with Gasteiger partial charge in [0.1, 0.15) is 23.7 Å². The van der Waals surface area contributed by atoms with Gasteiger partial charge in [-0.3, -0.25) is 4.79 Å². The topological polar surface area (TPSA) is 101 Å². The predicted molar refractivity (Wildman–Crippen MR) is 130 cm³/mol. The normalized spacial score (nSPS) is 13.8. The van der Waals surface area contributed by atoms with Gasteiger partial charge in [0.15, 0.2) is 0 Å². The van der Waals surface area contributed by atoms with Gasteiger partial charge in [0.25, 0.3) is 5.91 Å². The Hall–Kier alpha value is -3.68. The quantitative estimate of drug-likeness (QED) is 0.434. The van der Waals surface area contributed by atoms with Crippen LogP contribution < -0.4 is 20.7 Å². The van der Waals surface area contributed by atoms with Crippen LogP contribution in [-0.4, -0.2) is 48.1 Å². The molecule has 8 nitrogen and oxygen atoms in total. The summed E-state index contributed by atoms with van der Waals surface area (Å²) in [6.07, 6.45) is 6.02. The summed E-state index contributed by atoms with van der Waals surface area (Å²) in [5.74, 6) is 3.12. The second kappa shape index (κ2) is 10.3. The van der Waals surface area contributed by atoms with Crippen molar-refractivity contribution in [1.82, 2.24) is 20.3 Å². The first-order chi connectivity index (χ1) is 16.1. The minimum Gasteiger partial charge on any atom is -0.496 e. The Bertz CT molecular complexity index is 1100. The molecule has 2 heterocycles. The van der Waals surface area contributed by atoms with Crippen LogP contribution in [0.5, 0.6) is 5.75 Å². The highest BCUT2D eigenvalue weighted by molar-refractivity contribution is 5.94. The molecule has 1 aliphatic carbocycles. The minimum absolute atomic E-state index is 0.135. The van der Waals surface area contributed by atoms with E-state index in [0.717, 1.165) is 40.9 Å². The number of carbonyl (C=O) groups excluding carboxylic acids is 1. The molecule has 2 aromatic heterocycles. The number of rotatable bonds is 10. The van der Waals surface area contributed by atoms with Crippen LogP contribution in [0.4, 0.5) is 11.6 Å². The third-order valence-electron chi connectivity index (χ3n) is 5.84. The molecular weight excluding hydrogens is 416 g/mol. The van der Waals surface area contributed by atoms with Crippen molar-refractivity contribution in [2.24, 2.45) is 5.92 Å². The van der Waals surface area contributed by atoms with Crippen molar-refractivity contribution in [3.63, 3.8) is 0 Å². The van der Waals surface area contributed by atoms with Crippen LogP contribution in [0.15, 0.2) is 48.9 Å². The smallest absolute Gasteiger partial charge is 0.251 e. The number of hydrogen-bond donors (Lipinski definition) is 3. The molecule has 3 aromatic rings. The summed E-state index contributed by atoms with van der Waals surface area (Å²) in [6.45, 7) is 3.74. The van der Waals surface area contributed by atoms with E-state index in [9.17, 15) is 4.79 Å². The predicted octanol–water partition coefficient (Wildman–Crippen LogP) is 3.94. The molecule has 8 heteroatoms. The lowest BCUT2D eigenvalue weighted by Gasteiger charge is -2.17. The molecule has 1 amide bonds. The van der Waals surface area contributed by atoms with Crippen LogP contribution >= 0.6 is 0 Å². The van der Waals surface area contributed by atoms with Crippen molar-refractivity contribution in [2.75, 3.05) is 37.9 Å². The molecule has 1 atom stereocenters. The van der Waals surface area contributed by atoms with Crippen molar-refractivity contribution in [1.29, 1.82) is 0 Å². The zero-order chi connectivity index (χ0) is 23.2. The van der Waals surface area contributed by atoms with Crippen molar-refractivity contribution < 1.29 is 9.53 Å². The van der Waals surface area contributed by atoms with Crippen LogP contribution in [0.1, 0.15) is 41.6 Å². The van der Waals surface area contributed by atoms with E-state index in [4.69, 9.17) is 4.74 Å². The Kier molecular flexibility index (Phi) is 7.02. The fraction of sp³-hybridized carbons (Fsp3) is 0.360. The second-order valence-corrected chi connectivity index (χ2v) is 8.36. The zero-order valence-electron chi connectivity index (χ0n) is 19.3. The van der Waals surface area contributed by atoms with Crippen molar-refractivity contribution in [2.45, 2.75) is 25.7 Å². The van der Waals surface area contributed by atoms with Crippen molar-refractivity contribution in [3.05, 3.63) is 60.0 Å². The first-order valence-corrected chi connectivity index (χ1v) is 11.2. The fourth-order valence-corrected chi connectivity index (χ4v) is 3.60. The Morgan fingerprint density at radius 1 is 1.09 bits per heavy atom. The highest BCUT2D eigenvalue weighted by Crippen LogP contribution is 2.29. The summed E-state index contributed by atoms with van der Waals surface area (Å²) >= 11 is 0. The number of carbonyl (C=O) groups is 1. The summed E-state index contributed by atoms with van der Waals surface area (Å²) in [6, 6.07) is 11.5. The Balaban J connectivity index is 1.39. The molecule has 1 aliphatic rings. The average Bonchev–Trinajstić information content (AvgIpc) is 3.70. The standard InChI is InChI=1S/C25H30N6O2/c1-16(20-8-6-18(25(32)26-2)10-22(20)33-3)12-27-24-11-21(30-15-31-24)19-7-9-23(29-14-19)28-13-17-4-5-17/h6-11,14-17H,4-5,12-13H2,1-3H3,(H,26,32)(H,28,29)(H,27,30,31)/t16-/m1/s1. The maximum absolute atomic E-state index is 11.9. The van der Waals surface area contributed by atoms with Gasteiger partial charge in [-0.05, 0) is 48.6 Å². The molecule has 1 saturated carbocycles. The molecule has 4 rings (SSSR count). The summed E-state index contributed by atoms with van der Waals surface area (Å²) in [4.78, 5) is 25.2. The molecule has 33 heavy (non-hydrogen) atoms.